The number of thioether (sulfide) groups is 1. The van der Waals surface area contributed by atoms with Gasteiger partial charge in [-0.15, -0.1) is 11.8 Å². The zero-order valence-corrected chi connectivity index (χ0v) is 21.7. The van der Waals surface area contributed by atoms with Crippen molar-refractivity contribution in [2.75, 3.05) is 19.4 Å². The van der Waals surface area contributed by atoms with Gasteiger partial charge in [-0.3, -0.25) is 9.59 Å². The van der Waals surface area contributed by atoms with Crippen molar-refractivity contribution in [2.24, 2.45) is 0 Å². The molecule has 0 aliphatic carbocycles. The lowest BCUT2D eigenvalue weighted by Gasteiger charge is -2.30. The summed E-state index contributed by atoms with van der Waals surface area (Å²) in [5, 5.41) is 3.98. The average molecular weight is 512 g/mol. The Morgan fingerprint density at radius 1 is 1.09 bits per heavy atom. The predicted octanol–water partition coefficient (Wildman–Crippen LogP) is 5.96. The van der Waals surface area contributed by atoms with Crippen LogP contribution in [0.2, 0.25) is 10.0 Å². The Hall–Kier alpha value is -1.89. The number of amides is 2. The average Bonchev–Trinajstić information content (AvgIpc) is 2.81. The van der Waals surface area contributed by atoms with Crippen LogP contribution in [-0.4, -0.2) is 42.2 Å². The minimum Gasteiger partial charge on any atom is -0.497 e. The summed E-state index contributed by atoms with van der Waals surface area (Å²) in [6.45, 7) is 4.95. The van der Waals surface area contributed by atoms with Gasteiger partial charge in [-0.05, 0) is 48.2 Å². The Labute approximate surface area is 211 Å². The summed E-state index contributed by atoms with van der Waals surface area (Å²) in [6, 6.07) is 12.5. The highest BCUT2D eigenvalue weighted by atomic mass is 35.5. The lowest BCUT2D eigenvalue weighted by atomic mass is 10.1. The Morgan fingerprint density at radius 3 is 2.55 bits per heavy atom. The molecule has 180 valence electrons. The number of methoxy groups -OCH3 is 1. The van der Waals surface area contributed by atoms with E-state index in [4.69, 9.17) is 27.9 Å². The highest BCUT2D eigenvalue weighted by Gasteiger charge is 2.28. The van der Waals surface area contributed by atoms with Crippen LogP contribution in [0.15, 0.2) is 42.5 Å². The molecule has 33 heavy (non-hydrogen) atoms. The number of nitrogens with one attached hydrogen (secondary N) is 1. The van der Waals surface area contributed by atoms with Crippen LogP contribution < -0.4 is 10.1 Å². The predicted molar refractivity (Wildman–Crippen MR) is 138 cm³/mol. The molecule has 2 rings (SSSR count). The van der Waals surface area contributed by atoms with E-state index in [1.807, 2.05) is 43.3 Å². The second-order valence-corrected chi connectivity index (χ2v) is 9.48. The summed E-state index contributed by atoms with van der Waals surface area (Å²) >= 11 is 13.6. The number of ether oxygens (including phenoxy) is 1. The van der Waals surface area contributed by atoms with Gasteiger partial charge in [0, 0.05) is 18.8 Å². The molecule has 0 fully saturated rings. The van der Waals surface area contributed by atoms with Gasteiger partial charge >= 0.3 is 0 Å². The van der Waals surface area contributed by atoms with Gasteiger partial charge in [-0.1, -0.05) is 61.7 Å². The smallest absolute Gasteiger partial charge is 0.242 e. The molecule has 1 N–H and O–H groups in total. The molecule has 0 saturated heterocycles. The van der Waals surface area contributed by atoms with E-state index in [-0.39, 0.29) is 17.6 Å². The van der Waals surface area contributed by atoms with Gasteiger partial charge in [-0.2, -0.15) is 0 Å². The zero-order chi connectivity index (χ0) is 24.2. The van der Waals surface area contributed by atoms with Crippen molar-refractivity contribution in [3.8, 4) is 5.75 Å². The van der Waals surface area contributed by atoms with Crippen LogP contribution in [0.4, 0.5) is 0 Å². The molecule has 0 saturated carbocycles. The topological polar surface area (TPSA) is 58.6 Å². The van der Waals surface area contributed by atoms with Crippen LogP contribution in [0.1, 0.15) is 44.2 Å². The van der Waals surface area contributed by atoms with E-state index in [0.29, 0.717) is 41.1 Å². The van der Waals surface area contributed by atoms with Crippen molar-refractivity contribution >= 4 is 46.8 Å². The first-order valence-corrected chi connectivity index (χ1v) is 13.0. The van der Waals surface area contributed by atoms with Crippen LogP contribution in [0.3, 0.4) is 0 Å². The Morgan fingerprint density at radius 2 is 1.88 bits per heavy atom. The van der Waals surface area contributed by atoms with E-state index >= 15 is 0 Å². The van der Waals surface area contributed by atoms with Gasteiger partial charge in [-0.25, -0.2) is 0 Å². The molecule has 5 nitrogen and oxygen atoms in total. The molecule has 2 aromatic carbocycles. The molecule has 2 aromatic rings. The maximum atomic E-state index is 13.3. The van der Waals surface area contributed by atoms with Gasteiger partial charge in [0.25, 0.3) is 0 Å². The first-order chi connectivity index (χ1) is 15.9. The monoisotopic (exact) mass is 510 g/mol. The van der Waals surface area contributed by atoms with E-state index in [9.17, 15) is 9.59 Å². The number of carbonyl (C=O) groups is 2. The van der Waals surface area contributed by atoms with Crippen molar-refractivity contribution < 1.29 is 14.3 Å². The largest absolute Gasteiger partial charge is 0.497 e. The lowest BCUT2D eigenvalue weighted by molar-refractivity contribution is -0.139. The normalized spacial score (nSPS) is 11.7. The highest BCUT2D eigenvalue weighted by Crippen LogP contribution is 2.25. The molecule has 1 atom stereocenters. The molecule has 0 unspecified atom stereocenters. The molecule has 0 aliphatic heterocycles. The van der Waals surface area contributed by atoms with E-state index in [0.717, 1.165) is 24.0 Å². The van der Waals surface area contributed by atoms with Gasteiger partial charge < -0.3 is 15.0 Å². The van der Waals surface area contributed by atoms with Gasteiger partial charge in [0.15, 0.2) is 0 Å². The summed E-state index contributed by atoms with van der Waals surface area (Å²) in [6.07, 6.45) is 2.44. The minimum atomic E-state index is -0.536. The number of halogens is 2. The van der Waals surface area contributed by atoms with Crippen LogP contribution in [0.5, 0.6) is 5.75 Å². The van der Waals surface area contributed by atoms with E-state index in [1.165, 1.54) is 11.8 Å². The minimum absolute atomic E-state index is 0.0830. The van der Waals surface area contributed by atoms with Gasteiger partial charge in [0.05, 0.1) is 22.9 Å². The second-order valence-electron chi connectivity index (χ2n) is 7.68. The van der Waals surface area contributed by atoms with Crippen LogP contribution in [-0.2, 0) is 21.9 Å². The van der Waals surface area contributed by atoms with Crippen LogP contribution >= 0.6 is 35.0 Å². The molecule has 8 heteroatoms. The molecule has 0 bridgehead atoms. The van der Waals surface area contributed by atoms with Gasteiger partial charge in [0.2, 0.25) is 11.8 Å². The molecule has 0 spiro atoms. The summed E-state index contributed by atoms with van der Waals surface area (Å²) in [7, 11) is 1.61. The number of unbranched alkanes of at least 4 members (excludes halogenated alkanes) is 1. The number of carbonyl (C=O) groups excluding carboxylic acids is 2. The first kappa shape index (κ1) is 27.4. The van der Waals surface area contributed by atoms with Crippen LogP contribution in [0.25, 0.3) is 0 Å². The van der Waals surface area contributed by atoms with E-state index in [2.05, 4.69) is 12.2 Å². The zero-order valence-electron chi connectivity index (χ0n) is 19.4. The highest BCUT2D eigenvalue weighted by molar-refractivity contribution is 7.99. The number of rotatable bonds is 13. The summed E-state index contributed by atoms with van der Waals surface area (Å²) in [4.78, 5) is 27.9. The first-order valence-electron chi connectivity index (χ1n) is 11.1. The Balaban J connectivity index is 2.13. The third-order valence-electron chi connectivity index (χ3n) is 5.18. The molecular formula is C25H32Cl2N2O3S. The number of hydrogen-bond donors (Lipinski definition) is 1. The number of hydrogen-bond acceptors (Lipinski definition) is 4. The summed E-state index contributed by atoms with van der Waals surface area (Å²) < 4.78 is 5.32. The maximum Gasteiger partial charge on any atom is 0.242 e. The van der Waals surface area contributed by atoms with Gasteiger partial charge in [0.1, 0.15) is 11.8 Å². The third kappa shape index (κ3) is 8.76. The fraction of sp³-hybridized carbons (Fsp3) is 0.440. The standard InChI is InChI=1S/C25H32Cl2N2O3S/c1-4-6-12-28-25(31)23(5-2)29(15-18-8-7-9-20(13-18)32-3)24(30)17-33-16-19-10-11-21(26)22(27)14-19/h7-11,13-14,23H,4-6,12,15-17H2,1-3H3,(H,28,31)/t23-/m1/s1. The molecule has 0 radical (unpaired) electrons. The number of benzene rings is 2. The summed E-state index contributed by atoms with van der Waals surface area (Å²) in [5.41, 5.74) is 1.91. The van der Waals surface area contributed by atoms with Crippen LogP contribution in [0, 0.1) is 0 Å². The molecule has 0 aromatic heterocycles. The van der Waals surface area contributed by atoms with Crippen molar-refractivity contribution in [3.05, 3.63) is 63.6 Å². The molecule has 2 amide bonds. The number of nitrogens with zero attached hydrogens (tertiary/aromatic N) is 1. The maximum absolute atomic E-state index is 13.3. The fourth-order valence-corrected chi connectivity index (χ4v) is 4.54. The van der Waals surface area contributed by atoms with E-state index < -0.39 is 6.04 Å². The van der Waals surface area contributed by atoms with E-state index in [1.54, 1.807) is 18.1 Å². The quantitative estimate of drug-likeness (QED) is 0.337. The Bertz CT molecular complexity index is 926. The van der Waals surface area contributed by atoms with Crippen molar-refractivity contribution in [2.45, 2.75) is 51.4 Å². The second kappa shape index (κ2) is 14.4. The fourth-order valence-electron chi connectivity index (χ4n) is 3.36. The SMILES string of the molecule is CCCCNC(=O)[C@@H](CC)N(Cc1cccc(OC)c1)C(=O)CSCc1ccc(Cl)c(Cl)c1. The Kier molecular flexibility index (Phi) is 11.9. The molecular weight excluding hydrogens is 479 g/mol. The third-order valence-corrected chi connectivity index (χ3v) is 6.91. The molecule has 0 heterocycles. The lowest BCUT2D eigenvalue weighted by Crippen LogP contribution is -2.49. The summed E-state index contributed by atoms with van der Waals surface area (Å²) in [5.74, 6) is 1.39. The van der Waals surface area contributed by atoms with Crippen molar-refractivity contribution in [1.29, 1.82) is 0 Å². The molecule has 0 aliphatic rings. The van der Waals surface area contributed by atoms with Crippen molar-refractivity contribution in [1.82, 2.24) is 10.2 Å². The van der Waals surface area contributed by atoms with Crippen molar-refractivity contribution in [3.63, 3.8) is 0 Å².